The van der Waals surface area contributed by atoms with E-state index in [0.717, 1.165) is 6.92 Å². The zero-order valence-corrected chi connectivity index (χ0v) is 8.96. The number of carboxylic acid groups (broad SMARTS) is 1. The van der Waals surface area contributed by atoms with Gasteiger partial charge in [0.15, 0.2) is 0 Å². The molecule has 6 heteroatoms. The number of aliphatic carboxylic acids is 1. The maximum Gasteiger partial charge on any atom is 1.00 e. The molecule has 0 aromatic carbocycles. The molecule has 0 aliphatic rings. The standard InChI is InChI=1S/C6H8O5.Na/c1-4(7)11-6(10)3-2-5(8)9;/h2-3H2,1H3,(H,8,9);/q;+1/p-1. The molecule has 0 aromatic heterocycles. The second-order valence-electron chi connectivity index (χ2n) is 1.84. The molecule has 0 bridgehead atoms. The van der Waals surface area contributed by atoms with E-state index < -0.39 is 24.3 Å². The van der Waals surface area contributed by atoms with Gasteiger partial charge in [-0.05, 0) is 6.42 Å². The van der Waals surface area contributed by atoms with E-state index in [1.807, 2.05) is 0 Å². The number of carbonyl (C=O) groups is 3. The molecular formula is C6H7NaO5. The van der Waals surface area contributed by atoms with Gasteiger partial charge < -0.3 is 14.6 Å². The number of esters is 2. The molecule has 0 aliphatic carbocycles. The first-order valence-corrected chi connectivity index (χ1v) is 2.93. The summed E-state index contributed by atoms with van der Waals surface area (Å²) in [5, 5.41) is 9.79. The predicted octanol–water partition coefficient (Wildman–Crippen LogP) is -4.39. The first-order chi connectivity index (χ1) is 5.02. The minimum atomic E-state index is -1.34. The molecule has 0 spiro atoms. The Labute approximate surface area is 91.4 Å². The van der Waals surface area contributed by atoms with E-state index in [-0.39, 0.29) is 36.0 Å². The molecule has 0 aliphatic heterocycles. The average molecular weight is 182 g/mol. The van der Waals surface area contributed by atoms with Gasteiger partial charge in [-0.2, -0.15) is 0 Å². The van der Waals surface area contributed by atoms with Crippen LogP contribution in [0.15, 0.2) is 0 Å². The molecule has 5 nitrogen and oxygen atoms in total. The van der Waals surface area contributed by atoms with Crippen molar-refractivity contribution in [2.75, 3.05) is 0 Å². The number of hydrogen-bond donors (Lipinski definition) is 0. The van der Waals surface area contributed by atoms with Crippen LogP contribution in [0.3, 0.4) is 0 Å². The smallest absolute Gasteiger partial charge is 0.550 e. The zero-order chi connectivity index (χ0) is 8.85. The Balaban J connectivity index is 0. The Hall–Kier alpha value is -0.390. The quantitative estimate of drug-likeness (QED) is 0.250. The van der Waals surface area contributed by atoms with E-state index in [4.69, 9.17) is 0 Å². The summed E-state index contributed by atoms with van der Waals surface area (Å²) in [6, 6.07) is 0. The summed E-state index contributed by atoms with van der Waals surface area (Å²) in [4.78, 5) is 30.3. The molecule has 0 radical (unpaired) electrons. The van der Waals surface area contributed by atoms with Crippen molar-refractivity contribution >= 4 is 17.9 Å². The molecule has 0 rings (SSSR count). The van der Waals surface area contributed by atoms with Crippen molar-refractivity contribution in [1.82, 2.24) is 0 Å². The van der Waals surface area contributed by atoms with Gasteiger partial charge in [0.2, 0.25) is 0 Å². The van der Waals surface area contributed by atoms with Crippen molar-refractivity contribution in [1.29, 1.82) is 0 Å². The van der Waals surface area contributed by atoms with Gasteiger partial charge in [-0.15, -0.1) is 0 Å². The fourth-order valence-electron chi connectivity index (χ4n) is 0.415. The van der Waals surface area contributed by atoms with Crippen LogP contribution in [-0.4, -0.2) is 17.9 Å². The Kier molecular flexibility index (Phi) is 8.57. The second kappa shape index (κ2) is 7.27. The molecule has 0 fully saturated rings. The van der Waals surface area contributed by atoms with Crippen LogP contribution in [0.2, 0.25) is 0 Å². The van der Waals surface area contributed by atoms with Crippen LogP contribution in [0.1, 0.15) is 19.8 Å². The van der Waals surface area contributed by atoms with E-state index in [2.05, 4.69) is 4.74 Å². The number of carbonyl (C=O) groups excluding carboxylic acids is 3. The van der Waals surface area contributed by atoms with Crippen molar-refractivity contribution in [3.05, 3.63) is 0 Å². The van der Waals surface area contributed by atoms with E-state index in [1.54, 1.807) is 0 Å². The number of ether oxygens (including phenoxy) is 1. The van der Waals surface area contributed by atoms with Crippen LogP contribution in [0.5, 0.6) is 0 Å². The van der Waals surface area contributed by atoms with Crippen LogP contribution in [-0.2, 0) is 19.1 Å². The summed E-state index contributed by atoms with van der Waals surface area (Å²) < 4.78 is 4.03. The van der Waals surface area contributed by atoms with Gasteiger partial charge in [0, 0.05) is 12.9 Å². The molecule has 0 amide bonds. The molecule has 62 valence electrons. The van der Waals surface area contributed by atoms with Crippen LogP contribution in [0.4, 0.5) is 0 Å². The summed E-state index contributed by atoms with van der Waals surface area (Å²) in [7, 11) is 0. The topological polar surface area (TPSA) is 83.5 Å². The van der Waals surface area contributed by atoms with Gasteiger partial charge in [0.25, 0.3) is 0 Å². The number of rotatable bonds is 3. The van der Waals surface area contributed by atoms with Crippen molar-refractivity contribution in [3.63, 3.8) is 0 Å². The maximum atomic E-state index is 10.4. The fraction of sp³-hybridized carbons (Fsp3) is 0.500. The third-order valence-corrected chi connectivity index (χ3v) is 0.791. The third kappa shape index (κ3) is 9.61. The molecule has 0 unspecified atom stereocenters. The third-order valence-electron chi connectivity index (χ3n) is 0.791. The Morgan fingerprint density at radius 3 is 2.08 bits per heavy atom. The van der Waals surface area contributed by atoms with Crippen molar-refractivity contribution < 1.29 is 53.8 Å². The predicted molar refractivity (Wildman–Crippen MR) is 31.0 cm³/mol. The fourth-order valence-corrected chi connectivity index (χ4v) is 0.415. The normalized spacial score (nSPS) is 8.08. The summed E-state index contributed by atoms with van der Waals surface area (Å²) in [5.74, 6) is -2.93. The second-order valence-corrected chi connectivity index (χ2v) is 1.84. The van der Waals surface area contributed by atoms with E-state index in [1.165, 1.54) is 0 Å². The molecular weight excluding hydrogens is 175 g/mol. The van der Waals surface area contributed by atoms with E-state index in [0.29, 0.717) is 0 Å². The molecule has 0 saturated carbocycles. The average Bonchev–Trinajstić information content (AvgIpc) is 1.82. The Bertz CT molecular complexity index is 188. The van der Waals surface area contributed by atoms with E-state index in [9.17, 15) is 19.5 Å². The maximum absolute atomic E-state index is 10.4. The van der Waals surface area contributed by atoms with Gasteiger partial charge >= 0.3 is 41.5 Å². The SMILES string of the molecule is CC(=O)OC(=O)CCC(=O)[O-].[Na+]. The summed E-state index contributed by atoms with van der Waals surface area (Å²) in [6.45, 7) is 1.07. The van der Waals surface area contributed by atoms with Gasteiger partial charge in [0.1, 0.15) is 0 Å². The summed E-state index contributed by atoms with van der Waals surface area (Å²) in [6.07, 6.45) is -0.756. The van der Waals surface area contributed by atoms with Crippen molar-refractivity contribution in [2.24, 2.45) is 0 Å². The summed E-state index contributed by atoms with van der Waals surface area (Å²) in [5.41, 5.74) is 0. The van der Waals surface area contributed by atoms with Gasteiger partial charge in [-0.1, -0.05) is 0 Å². The van der Waals surface area contributed by atoms with Gasteiger partial charge in [-0.3, -0.25) is 9.59 Å². The van der Waals surface area contributed by atoms with Crippen LogP contribution in [0, 0.1) is 0 Å². The molecule has 0 aromatic rings. The van der Waals surface area contributed by atoms with Crippen LogP contribution in [0.25, 0.3) is 0 Å². The Morgan fingerprint density at radius 2 is 1.75 bits per heavy atom. The molecule has 12 heavy (non-hydrogen) atoms. The van der Waals surface area contributed by atoms with Gasteiger partial charge in [-0.25, -0.2) is 0 Å². The van der Waals surface area contributed by atoms with Crippen molar-refractivity contribution in [3.8, 4) is 0 Å². The van der Waals surface area contributed by atoms with Gasteiger partial charge in [0.05, 0.1) is 6.42 Å². The summed E-state index contributed by atoms with van der Waals surface area (Å²) >= 11 is 0. The monoisotopic (exact) mass is 182 g/mol. The zero-order valence-electron chi connectivity index (χ0n) is 6.96. The number of hydrogen-bond acceptors (Lipinski definition) is 5. The molecule has 0 heterocycles. The van der Waals surface area contributed by atoms with E-state index >= 15 is 0 Å². The van der Waals surface area contributed by atoms with Crippen LogP contribution < -0.4 is 34.7 Å². The molecule has 0 N–H and O–H groups in total. The first kappa shape index (κ1) is 14.2. The minimum absolute atomic E-state index is 0. The molecule has 0 saturated heterocycles. The number of carboxylic acids is 1. The minimum Gasteiger partial charge on any atom is -0.550 e. The van der Waals surface area contributed by atoms with Crippen molar-refractivity contribution in [2.45, 2.75) is 19.8 Å². The van der Waals surface area contributed by atoms with Crippen LogP contribution >= 0.6 is 0 Å². The molecule has 0 atom stereocenters. The Morgan fingerprint density at radius 1 is 1.25 bits per heavy atom. The first-order valence-electron chi connectivity index (χ1n) is 2.93. The largest absolute Gasteiger partial charge is 1.00 e.